The molecule has 2 aliphatic heterocycles. The first kappa shape index (κ1) is 35.1. The summed E-state index contributed by atoms with van der Waals surface area (Å²) in [5.74, 6) is 0. The highest BCUT2D eigenvalue weighted by atomic mass is 15.3. The van der Waals surface area contributed by atoms with E-state index in [0.29, 0.717) is 0 Å². The number of hydrogen-bond donors (Lipinski definition) is 0. The van der Waals surface area contributed by atoms with Crippen molar-refractivity contribution in [3.8, 4) is 0 Å². The summed E-state index contributed by atoms with van der Waals surface area (Å²) in [6.07, 6.45) is 0. The third kappa shape index (κ3) is 5.78. The van der Waals surface area contributed by atoms with Crippen LogP contribution in [-0.2, 0) is 11.3 Å². The number of hydrogen-bond acceptors (Lipinski definition) is 4. The molecule has 0 amide bonds. The molecule has 0 saturated carbocycles. The lowest BCUT2D eigenvalue weighted by atomic mass is 9.82. The van der Waals surface area contributed by atoms with Crippen LogP contribution in [0.3, 0.4) is 0 Å². The van der Waals surface area contributed by atoms with Crippen LogP contribution in [0.25, 0.3) is 0 Å². The van der Waals surface area contributed by atoms with Crippen LogP contribution in [0.2, 0.25) is 0 Å². The molecule has 4 nitrogen and oxygen atoms in total. The molecule has 2 aliphatic rings. The van der Waals surface area contributed by atoms with Crippen molar-refractivity contribution in [2.45, 2.75) is 66.7 Å². The number of benzene rings is 6. The van der Waals surface area contributed by atoms with E-state index in [1.165, 1.54) is 22.3 Å². The van der Waals surface area contributed by atoms with E-state index in [0.717, 1.165) is 78.5 Å². The lowest BCUT2D eigenvalue weighted by Crippen LogP contribution is -2.43. The van der Waals surface area contributed by atoms with Gasteiger partial charge in [0.05, 0.1) is 22.8 Å². The van der Waals surface area contributed by atoms with E-state index in [9.17, 15) is 0 Å². The second kappa shape index (κ2) is 13.4. The predicted molar refractivity (Wildman–Crippen MR) is 226 cm³/mol. The Morgan fingerprint density at radius 1 is 0.296 bits per heavy atom. The topological polar surface area (TPSA) is 49.4 Å². The summed E-state index contributed by atoms with van der Waals surface area (Å²) < 4.78 is 0. The van der Waals surface area contributed by atoms with E-state index >= 15 is 0 Å². The first-order valence-corrected chi connectivity index (χ1v) is 18.8. The molecule has 0 unspecified atom stereocenters. The second-order valence-corrected chi connectivity index (χ2v) is 15.2. The van der Waals surface area contributed by atoms with Crippen molar-refractivity contribution in [2.75, 3.05) is 0 Å². The zero-order chi connectivity index (χ0) is 37.8. The summed E-state index contributed by atoms with van der Waals surface area (Å²) in [6.45, 7) is 17.2. The van der Waals surface area contributed by atoms with Crippen molar-refractivity contribution in [2.24, 2.45) is 20.0 Å². The lowest BCUT2D eigenvalue weighted by molar-refractivity contribution is 0.257. The Bertz CT molecular complexity index is 2250. The molecule has 0 bridgehead atoms. The second-order valence-electron chi connectivity index (χ2n) is 15.2. The fourth-order valence-electron chi connectivity index (χ4n) is 8.29. The Labute approximate surface area is 319 Å². The number of aryl methyl sites for hydroxylation is 8. The maximum absolute atomic E-state index is 5.93. The molecule has 0 radical (unpaired) electrons. The average Bonchev–Trinajstić information content (AvgIpc) is 3.74. The summed E-state index contributed by atoms with van der Waals surface area (Å²) >= 11 is 0. The van der Waals surface area contributed by atoms with Gasteiger partial charge in [0.25, 0.3) is 0 Å². The van der Waals surface area contributed by atoms with E-state index in [4.69, 9.17) is 20.0 Å². The van der Waals surface area contributed by atoms with Crippen LogP contribution in [0.1, 0.15) is 77.9 Å². The van der Waals surface area contributed by atoms with E-state index < -0.39 is 11.3 Å². The molecule has 0 N–H and O–H groups in total. The molecule has 0 atom stereocenters. The highest BCUT2D eigenvalue weighted by Crippen LogP contribution is 2.54. The molecule has 0 fully saturated rings. The highest BCUT2D eigenvalue weighted by molar-refractivity contribution is 6.56. The third-order valence-corrected chi connectivity index (χ3v) is 10.9. The van der Waals surface area contributed by atoms with Crippen molar-refractivity contribution < 1.29 is 0 Å². The monoisotopic (exact) mass is 702 g/mol. The number of aliphatic imine (C=N–C) groups is 4. The summed E-state index contributed by atoms with van der Waals surface area (Å²) in [5.41, 5.74) is 16.2. The van der Waals surface area contributed by atoms with Gasteiger partial charge in [0.15, 0.2) is 0 Å². The SMILES string of the molecule is Cc1ccc(C2=NC(c3ccccc3)(C3(c4ccccc4)N=C(c4ccc(C)cc4C)C(c4ccc(C)cc4C)=N3)N=C2c2ccc(C)cc2C)c(C)c1. The van der Waals surface area contributed by atoms with Crippen LogP contribution in [0.4, 0.5) is 0 Å². The Kier molecular flexibility index (Phi) is 8.73. The van der Waals surface area contributed by atoms with Crippen LogP contribution >= 0.6 is 0 Å². The Hall–Kier alpha value is -6.00. The number of nitrogens with zero attached hydrogens (tertiary/aromatic N) is 4. The smallest absolute Gasteiger partial charge is 0.226 e. The maximum atomic E-state index is 5.93. The molecule has 266 valence electrons. The van der Waals surface area contributed by atoms with Gasteiger partial charge in [-0.15, -0.1) is 0 Å². The summed E-state index contributed by atoms with van der Waals surface area (Å²) in [5, 5.41) is 0. The number of rotatable bonds is 7. The first-order chi connectivity index (χ1) is 26.0. The minimum atomic E-state index is -1.31. The molecule has 4 heteroatoms. The molecule has 8 rings (SSSR count). The van der Waals surface area contributed by atoms with Gasteiger partial charge in [0.2, 0.25) is 11.3 Å². The molecule has 0 aromatic heterocycles. The normalized spacial score (nSPS) is 15.8. The van der Waals surface area contributed by atoms with Crippen LogP contribution in [0.5, 0.6) is 0 Å². The van der Waals surface area contributed by atoms with E-state index in [1.54, 1.807) is 0 Å². The van der Waals surface area contributed by atoms with Crippen molar-refractivity contribution in [3.63, 3.8) is 0 Å². The van der Waals surface area contributed by atoms with E-state index in [2.05, 4.69) is 177 Å². The Morgan fingerprint density at radius 2 is 0.537 bits per heavy atom. The van der Waals surface area contributed by atoms with Crippen LogP contribution in [0, 0.1) is 55.4 Å². The van der Waals surface area contributed by atoms with Crippen molar-refractivity contribution >= 4 is 22.8 Å². The zero-order valence-electron chi connectivity index (χ0n) is 32.5. The first-order valence-electron chi connectivity index (χ1n) is 18.8. The van der Waals surface area contributed by atoms with Gasteiger partial charge in [0, 0.05) is 33.4 Å². The van der Waals surface area contributed by atoms with Gasteiger partial charge in [0.1, 0.15) is 0 Å². The lowest BCUT2D eigenvalue weighted by Gasteiger charge is -2.38. The molecule has 6 aromatic rings. The minimum Gasteiger partial charge on any atom is -0.243 e. The Morgan fingerprint density at radius 3 is 0.759 bits per heavy atom. The average molecular weight is 703 g/mol. The fraction of sp³-hybridized carbons (Fsp3) is 0.200. The third-order valence-electron chi connectivity index (χ3n) is 10.9. The standard InChI is InChI=1S/C50H46N4/c1-31-19-23-41(35(5)27-31)45-46(42-24-20-32(2)28-36(42)6)52-49(51-45,39-15-11-9-12-16-39)50(40-17-13-10-14-18-40)53-47(43-25-21-33(3)29-37(43)7)48(54-50)44-26-22-34(4)30-38(44)8/h9-30H,1-8H3. The molecular weight excluding hydrogens is 657 g/mol. The molecule has 2 heterocycles. The minimum absolute atomic E-state index is 0.844. The van der Waals surface area contributed by atoms with Gasteiger partial charge in [-0.2, -0.15) is 0 Å². The zero-order valence-corrected chi connectivity index (χ0v) is 32.5. The predicted octanol–water partition coefficient (Wildman–Crippen LogP) is 11.1. The van der Waals surface area contributed by atoms with Gasteiger partial charge in [-0.25, -0.2) is 20.0 Å². The largest absolute Gasteiger partial charge is 0.243 e. The van der Waals surface area contributed by atoms with E-state index in [1.807, 2.05) is 12.1 Å². The molecule has 0 spiro atoms. The summed E-state index contributed by atoms with van der Waals surface area (Å²) in [4.78, 5) is 23.7. The molecule has 0 saturated heterocycles. The van der Waals surface area contributed by atoms with Gasteiger partial charge in [-0.3, -0.25) is 0 Å². The molecule has 54 heavy (non-hydrogen) atoms. The highest BCUT2D eigenvalue weighted by Gasteiger charge is 2.60. The maximum Gasteiger partial charge on any atom is 0.226 e. The summed E-state index contributed by atoms with van der Waals surface area (Å²) in [7, 11) is 0. The quantitative estimate of drug-likeness (QED) is 0.159. The summed E-state index contributed by atoms with van der Waals surface area (Å²) in [6, 6.07) is 47.3. The Balaban J connectivity index is 1.56. The molecular formula is C50H46N4. The van der Waals surface area contributed by atoms with Crippen molar-refractivity contribution in [1.82, 2.24) is 0 Å². The van der Waals surface area contributed by atoms with Gasteiger partial charge in [-0.05, 0) is 77.6 Å². The van der Waals surface area contributed by atoms with Gasteiger partial charge >= 0.3 is 0 Å². The fourth-order valence-corrected chi connectivity index (χ4v) is 8.29. The molecule has 0 aliphatic carbocycles. The van der Waals surface area contributed by atoms with Gasteiger partial charge < -0.3 is 0 Å². The van der Waals surface area contributed by atoms with Crippen molar-refractivity contribution in [3.05, 3.63) is 211 Å². The van der Waals surface area contributed by atoms with Crippen LogP contribution in [0.15, 0.2) is 153 Å². The van der Waals surface area contributed by atoms with E-state index in [-0.39, 0.29) is 0 Å². The van der Waals surface area contributed by atoms with Gasteiger partial charge in [-0.1, -0.05) is 156 Å². The van der Waals surface area contributed by atoms with Crippen molar-refractivity contribution in [1.29, 1.82) is 0 Å². The molecule has 6 aromatic carbocycles. The van der Waals surface area contributed by atoms with Crippen LogP contribution < -0.4 is 0 Å². The van der Waals surface area contributed by atoms with Crippen LogP contribution in [-0.4, -0.2) is 22.8 Å².